The number of nitrogens with one attached hydrogen (secondary N) is 1. The first-order chi connectivity index (χ1) is 9.63. The van der Waals surface area contributed by atoms with Gasteiger partial charge in [-0.25, -0.2) is 4.98 Å². The van der Waals surface area contributed by atoms with Crippen molar-refractivity contribution in [2.24, 2.45) is 0 Å². The molecule has 1 fully saturated rings. The minimum atomic E-state index is -0.184. The van der Waals surface area contributed by atoms with E-state index >= 15 is 0 Å². The van der Waals surface area contributed by atoms with E-state index in [0.717, 1.165) is 30.1 Å². The van der Waals surface area contributed by atoms with Gasteiger partial charge in [0.25, 0.3) is 5.91 Å². The lowest BCUT2D eigenvalue weighted by Gasteiger charge is -2.14. The second kappa shape index (κ2) is 5.03. The van der Waals surface area contributed by atoms with Gasteiger partial charge in [0.1, 0.15) is 5.82 Å². The monoisotopic (exact) mass is 271 g/mol. The quantitative estimate of drug-likeness (QED) is 0.917. The smallest absolute Gasteiger partial charge is 0.293 e. The predicted octanol–water partition coefficient (Wildman–Crippen LogP) is 1.66. The van der Waals surface area contributed by atoms with Crippen LogP contribution in [0.4, 0.5) is 0 Å². The molecule has 20 heavy (non-hydrogen) atoms. The molecular formula is C14H17N5O. The van der Waals surface area contributed by atoms with Crippen molar-refractivity contribution in [2.45, 2.75) is 32.2 Å². The highest BCUT2D eigenvalue weighted by Crippen LogP contribution is 2.37. The van der Waals surface area contributed by atoms with E-state index in [4.69, 9.17) is 0 Å². The van der Waals surface area contributed by atoms with Gasteiger partial charge in [-0.3, -0.25) is 14.9 Å². The van der Waals surface area contributed by atoms with Crippen LogP contribution in [0, 0.1) is 6.92 Å². The zero-order valence-corrected chi connectivity index (χ0v) is 11.6. The molecule has 6 heteroatoms. The summed E-state index contributed by atoms with van der Waals surface area (Å²) in [6, 6.07) is 5.78. The molecule has 0 spiro atoms. The lowest BCUT2D eigenvalue weighted by molar-refractivity contribution is 0.0771. The summed E-state index contributed by atoms with van der Waals surface area (Å²) in [6.45, 7) is 2.39. The summed E-state index contributed by atoms with van der Waals surface area (Å²) < 4.78 is 0. The molecule has 2 aromatic heterocycles. The molecule has 1 aliphatic rings. The summed E-state index contributed by atoms with van der Waals surface area (Å²) >= 11 is 0. The summed E-state index contributed by atoms with van der Waals surface area (Å²) in [7, 11) is 1.74. The number of carbonyl (C=O) groups excluding carboxylic acids is 1. The van der Waals surface area contributed by atoms with Crippen LogP contribution in [0.2, 0.25) is 0 Å². The predicted molar refractivity (Wildman–Crippen MR) is 73.1 cm³/mol. The van der Waals surface area contributed by atoms with Gasteiger partial charge < -0.3 is 4.90 Å². The van der Waals surface area contributed by atoms with Crippen LogP contribution < -0.4 is 0 Å². The van der Waals surface area contributed by atoms with E-state index in [1.54, 1.807) is 11.9 Å². The molecule has 0 unspecified atom stereocenters. The first-order valence-corrected chi connectivity index (χ1v) is 6.74. The maximum absolute atomic E-state index is 12.2. The SMILES string of the molecule is Cc1cccc(CN(C)C(=O)c2n[nH]c(C3CC3)n2)n1. The van der Waals surface area contributed by atoms with E-state index in [2.05, 4.69) is 20.2 Å². The third-order valence-electron chi connectivity index (χ3n) is 3.35. The Morgan fingerprint density at radius 1 is 1.40 bits per heavy atom. The topological polar surface area (TPSA) is 74.8 Å². The molecule has 6 nitrogen and oxygen atoms in total. The van der Waals surface area contributed by atoms with Gasteiger partial charge in [-0.1, -0.05) is 6.07 Å². The Morgan fingerprint density at radius 2 is 2.20 bits per heavy atom. The minimum Gasteiger partial charge on any atom is -0.333 e. The van der Waals surface area contributed by atoms with Gasteiger partial charge >= 0.3 is 0 Å². The molecule has 1 N–H and O–H groups in total. The number of aryl methyl sites for hydroxylation is 1. The lowest BCUT2D eigenvalue weighted by Crippen LogP contribution is -2.27. The zero-order valence-electron chi connectivity index (χ0n) is 11.6. The molecule has 0 saturated heterocycles. The number of aromatic amines is 1. The molecule has 1 saturated carbocycles. The molecule has 0 aromatic carbocycles. The van der Waals surface area contributed by atoms with Crippen LogP contribution in [0.15, 0.2) is 18.2 Å². The Bertz CT molecular complexity index is 632. The van der Waals surface area contributed by atoms with Gasteiger partial charge in [0.2, 0.25) is 5.82 Å². The van der Waals surface area contributed by atoms with Crippen LogP contribution in [-0.4, -0.2) is 38.0 Å². The van der Waals surface area contributed by atoms with Crippen molar-refractivity contribution < 1.29 is 4.79 Å². The number of aromatic nitrogens is 4. The number of carbonyl (C=O) groups is 1. The van der Waals surface area contributed by atoms with Gasteiger partial charge in [-0.2, -0.15) is 0 Å². The number of hydrogen-bond donors (Lipinski definition) is 1. The van der Waals surface area contributed by atoms with Crippen LogP contribution >= 0.6 is 0 Å². The second-order valence-corrected chi connectivity index (χ2v) is 5.25. The number of nitrogens with zero attached hydrogens (tertiary/aromatic N) is 4. The van der Waals surface area contributed by atoms with Crippen LogP contribution in [0.25, 0.3) is 0 Å². The van der Waals surface area contributed by atoms with E-state index < -0.39 is 0 Å². The largest absolute Gasteiger partial charge is 0.333 e. The van der Waals surface area contributed by atoms with E-state index in [9.17, 15) is 4.79 Å². The van der Waals surface area contributed by atoms with Crippen molar-refractivity contribution in [3.05, 3.63) is 41.2 Å². The number of rotatable bonds is 4. The van der Waals surface area contributed by atoms with Crippen LogP contribution in [0.1, 0.15) is 46.6 Å². The lowest BCUT2D eigenvalue weighted by atomic mass is 10.3. The summed E-state index contributed by atoms with van der Waals surface area (Å²) in [5.74, 6) is 1.35. The van der Waals surface area contributed by atoms with Gasteiger partial charge in [0.05, 0.1) is 12.2 Å². The van der Waals surface area contributed by atoms with Crippen molar-refractivity contribution in [3.63, 3.8) is 0 Å². The van der Waals surface area contributed by atoms with Crippen LogP contribution in [0.5, 0.6) is 0 Å². The Hall–Kier alpha value is -2.24. The zero-order chi connectivity index (χ0) is 14.1. The molecule has 1 aliphatic carbocycles. The van der Waals surface area contributed by atoms with E-state index in [0.29, 0.717) is 12.5 Å². The Morgan fingerprint density at radius 3 is 2.90 bits per heavy atom. The number of hydrogen-bond acceptors (Lipinski definition) is 4. The summed E-state index contributed by atoms with van der Waals surface area (Å²) in [5, 5.41) is 6.86. The number of pyridine rings is 1. The highest BCUT2D eigenvalue weighted by atomic mass is 16.2. The van der Waals surface area contributed by atoms with E-state index in [-0.39, 0.29) is 11.7 Å². The maximum Gasteiger partial charge on any atom is 0.293 e. The fourth-order valence-electron chi connectivity index (χ4n) is 2.08. The van der Waals surface area contributed by atoms with Gasteiger partial charge in [0.15, 0.2) is 0 Å². The molecular weight excluding hydrogens is 254 g/mol. The molecule has 1 amide bonds. The average molecular weight is 271 g/mol. The van der Waals surface area contributed by atoms with Crippen molar-refractivity contribution in [1.82, 2.24) is 25.1 Å². The van der Waals surface area contributed by atoms with E-state index in [1.807, 2.05) is 25.1 Å². The normalized spacial score (nSPS) is 14.3. The molecule has 104 valence electrons. The molecule has 0 bridgehead atoms. The molecule has 2 aromatic rings. The first-order valence-electron chi connectivity index (χ1n) is 6.74. The standard InChI is InChI=1S/C14H17N5O/c1-9-4-3-5-11(15-9)8-19(2)14(20)13-16-12(17-18-13)10-6-7-10/h3-5,10H,6-8H2,1-2H3,(H,16,17,18). The van der Waals surface area contributed by atoms with Crippen LogP contribution in [0.3, 0.4) is 0 Å². The van der Waals surface area contributed by atoms with Crippen molar-refractivity contribution >= 4 is 5.91 Å². The summed E-state index contributed by atoms with van der Waals surface area (Å²) in [6.07, 6.45) is 2.26. The summed E-state index contributed by atoms with van der Waals surface area (Å²) in [5.41, 5.74) is 1.80. The highest BCUT2D eigenvalue weighted by Gasteiger charge is 2.28. The molecule has 3 rings (SSSR count). The van der Waals surface area contributed by atoms with Crippen molar-refractivity contribution in [2.75, 3.05) is 7.05 Å². The molecule has 2 heterocycles. The van der Waals surface area contributed by atoms with Crippen molar-refractivity contribution in [1.29, 1.82) is 0 Å². The fourth-order valence-corrected chi connectivity index (χ4v) is 2.08. The Kier molecular flexibility index (Phi) is 3.22. The third kappa shape index (κ3) is 2.68. The summed E-state index contributed by atoms with van der Waals surface area (Å²) in [4.78, 5) is 22.5. The average Bonchev–Trinajstić information content (AvgIpc) is 3.16. The van der Waals surface area contributed by atoms with Crippen LogP contribution in [-0.2, 0) is 6.54 Å². The first kappa shape index (κ1) is 12.8. The van der Waals surface area contributed by atoms with Gasteiger partial charge in [0, 0.05) is 18.7 Å². The molecule has 0 atom stereocenters. The second-order valence-electron chi connectivity index (χ2n) is 5.25. The number of H-pyrrole nitrogens is 1. The fraction of sp³-hybridized carbons (Fsp3) is 0.429. The molecule has 0 aliphatic heterocycles. The van der Waals surface area contributed by atoms with Gasteiger partial charge in [-0.15, -0.1) is 5.10 Å². The van der Waals surface area contributed by atoms with E-state index in [1.165, 1.54) is 0 Å². The highest BCUT2D eigenvalue weighted by molar-refractivity contribution is 5.90. The van der Waals surface area contributed by atoms with Crippen molar-refractivity contribution in [3.8, 4) is 0 Å². The maximum atomic E-state index is 12.2. The Labute approximate surface area is 117 Å². The van der Waals surface area contributed by atoms with Gasteiger partial charge in [-0.05, 0) is 31.9 Å². The minimum absolute atomic E-state index is 0.184. The molecule has 0 radical (unpaired) electrons. The third-order valence-corrected chi connectivity index (χ3v) is 3.35. The number of amides is 1. The Balaban J connectivity index is 1.69.